The van der Waals surface area contributed by atoms with Gasteiger partial charge in [-0.15, -0.1) is 0 Å². The van der Waals surface area contributed by atoms with Crippen molar-refractivity contribution in [2.24, 2.45) is 0 Å². The van der Waals surface area contributed by atoms with Gasteiger partial charge in [-0.1, -0.05) is 19.9 Å². The predicted molar refractivity (Wildman–Crippen MR) is 67.2 cm³/mol. The van der Waals surface area contributed by atoms with E-state index in [1.165, 1.54) is 5.56 Å². The van der Waals surface area contributed by atoms with Gasteiger partial charge < -0.3 is 10.1 Å². The van der Waals surface area contributed by atoms with E-state index in [0.29, 0.717) is 11.8 Å². The van der Waals surface area contributed by atoms with E-state index in [9.17, 15) is 0 Å². The summed E-state index contributed by atoms with van der Waals surface area (Å²) in [6, 6.07) is 8.28. The van der Waals surface area contributed by atoms with Crippen molar-refractivity contribution >= 4 is 15.9 Å². The van der Waals surface area contributed by atoms with Gasteiger partial charge >= 0.3 is 0 Å². The van der Waals surface area contributed by atoms with Crippen LogP contribution in [0.4, 0.5) is 0 Å². The number of halogens is 1. The first kappa shape index (κ1) is 13.0. The fourth-order valence-corrected chi connectivity index (χ4v) is 1.74. The highest BCUT2D eigenvalue weighted by Crippen LogP contribution is 2.25. The second kappa shape index (κ2) is 6.51. The SMILES string of the molecule is CC(C)NCc1ccc(OCC#N)c(Br)c1. The third-order valence-corrected chi connectivity index (χ3v) is 2.62. The topological polar surface area (TPSA) is 45.0 Å². The van der Waals surface area contributed by atoms with E-state index in [2.05, 4.69) is 35.1 Å². The summed E-state index contributed by atoms with van der Waals surface area (Å²) < 4.78 is 6.12. The summed E-state index contributed by atoms with van der Waals surface area (Å²) >= 11 is 3.42. The lowest BCUT2D eigenvalue weighted by Gasteiger charge is -2.10. The Morgan fingerprint density at radius 1 is 1.50 bits per heavy atom. The third-order valence-electron chi connectivity index (χ3n) is 2.00. The standard InChI is InChI=1S/C12H15BrN2O/c1-9(2)15-8-10-3-4-12(11(13)7-10)16-6-5-14/h3-4,7,9,15H,6,8H2,1-2H3. The molecule has 0 saturated heterocycles. The highest BCUT2D eigenvalue weighted by atomic mass is 79.9. The van der Waals surface area contributed by atoms with Crippen molar-refractivity contribution in [2.75, 3.05) is 6.61 Å². The third kappa shape index (κ3) is 4.21. The molecule has 0 atom stereocenters. The maximum absolute atomic E-state index is 8.42. The fourth-order valence-electron chi connectivity index (χ4n) is 1.20. The zero-order valence-corrected chi connectivity index (χ0v) is 11.0. The van der Waals surface area contributed by atoms with Crippen molar-refractivity contribution < 1.29 is 4.74 Å². The molecular weight excluding hydrogens is 268 g/mol. The molecule has 1 rings (SSSR count). The van der Waals surface area contributed by atoms with E-state index >= 15 is 0 Å². The molecular formula is C12H15BrN2O. The minimum atomic E-state index is 0.0716. The number of ether oxygens (including phenoxy) is 1. The fraction of sp³-hybridized carbons (Fsp3) is 0.417. The van der Waals surface area contributed by atoms with E-state index in [-0.39, 0.29) is 6.61 Å². The van der Waals surface area contributed by atoms with Gasteiger partial charge in [0.05, 0.1) is 4.47 Å². The van der Waals surface area contributed by atoms with Crippen LogP contribution in [0.2, 0.25) is 0 Å². The summed E-state index contributed by atoms with van der Waals surface area (Å²) in [7, 11) is 0. The molecule has 0 aliphatic carbocycles. The first-order valence-electron chi connectivity index (χ1n) is 5.15. The second-order valence-electron chi connectivity index (χ2n) is 3.75. The van der Waals surface area contributed by atoms with Crippen molar-refractivity contribution in [3.05, 3.63) is 28.2 Å². The Hall–Kier alpha value is -1.05. The van der Waals surface area contributed by atoms with Crippen LogP contribution in [0.25, 0.3) is 0 Å². The molecule has 1 N–H and O–H groups in total. The molecule has 1 aromatic carbocycles. The molecule has 0 amide bonds. The summed E-state index contributed by atoms with van der Waals surface area (Å²) in [4.78, 5) is 0. The molecule has 3 nitrogen and oxygen atoms in total. The minimum Gasteiger partial charge on any atom is -0.478 e. The van der Waals surface area contributed by atoms with Crippen LogP contribution in [0, 0.1) is 11.3 Å². The van der Waals surface area contributed by atoms with E-state index in [1.807, 2.05) is 24.3 Å². The quantitative estimate of drug-likeness (QED) is 0.903. The lowest BCUT2D eigenvalue weighted by atomic mass is 10.2. The van der Waals surface area contributed by atoms with Gasteiger partial charge in [0.15, 0.2) is 6.61 Å². The Labute approximate surface area is 105 Å². The Morgan fingerprint density at radius 2 is 2.25 bits per heavy atom. The molecule has 0 unspecified atom stereocenters. The first-order valence-corrected chi connectivity index (χ1v) is 5.94. The predicted octanol–water partition coefficient (Wildman–Crippen LogP) is 2.85. The number of benzene rings is 1. The monoisotopic (exact) mass is 282 g/mol. The Kier molecular flexibility index (Phi) is 5.30. The number of nitrogens with one attached hydrogen (secondary N) is 1. The van der Waals surface area contributed by atoms with Gasteiger partial charge in [0.25, 0.3) is 0 Å². The first-order chi connectivity index (χ1) is 7.63. The van der Waals surface area contributed by atoms with Crippen molar-refractivity contribution in [3.8, 4) is 11.8 Å². The number of hydrogen-bond acceptors (Lipinski definition) is 3. The molecule has 16 heavy (non-hydrogen) atoms. The number of hydrogen-bond donors (Lipinski definition) is 1. The average Bonchev–Trinajstić information content (AvgIpc) is 2.25. The smallest absolute Gasteiger partial charge is 0.174 e. The molecule has 0 aliphatic rings. The zero-order chi connectivity index (χ0) is 12.0. The van der Waals surface area contributed by atoms with Gasteiger partial charge in [-0.05, 0) is 33.6 Å². The van der Waals surface area contributed by atoms with Crippen molar-refractivity contribution in [2.45, 2.75) is 26.4 Å². The van der Waals surface area contributed by atoms with Crippen LogP contribution in [-0.2, 0) is 6.54 Å². The van der Waals surface area contributed by atoms with Crippen molar-refractivity contribution in [3.63, 3.8) is 0 Å². The Bertz CT molecular complexity index is 385. The van der Waals surface area contributed by atoms with E-state index in [0.717, 1.165) is 11.0 Å². The highest BCUT2D eigenvalue weighted by Gasteiger charge is 2.03. The average molecular weight is 283 g/mol. The molecule has 0 spiro atoms. The zero-order valence-electron chi connectivity index (χ0n) is 9.46. The van der Waals surface area contributed by atoms with Gasteiger partial charge in [-0.3, -0.25) is 0 Å². The Morgan fingerprint density at radius 3 is 2.81 bits per heavy atom. The molecule has 4 heteroatoms. The van der Waals surface area contributed by atoms with Crippen LogP contribution in [0.5, 0.6) is 5.75 Å². The molecule has 0 bridgehead atoms. The molecule has 0 fully saturated rings. The van der Waals surface area contributed by atoms with E-state index < -0.39 is 0 Å². The van der Waals surface area contributed by atoms with E-state index in [1.54, 1.807) is 0 Å². The lowest BCUT2D eigenvalue weighted by Crippen LogP contribution is -2.21. The maximum atomic E-state index is 8.42. The second-order valence-corrected chi connectivity index (χ2v) is 4.60. The van der Waals surface area contributed by atoms with Crippen LogP contribution in [-0.4, -0.2) is 12.6 Å². The van der Waals surface area contributed by atoms with Gasteiger partial charge in [-0.2, -0.15) is 5.26 Å². The number of rotatable bonds is 5. The molecule has 86 valence electrons. The van der Waals surface area contributed by atoms with Crippen molar-refractivity contribution in [1.29, 1.82) is 5.26 Å². The van der Waals surface area contributed by atoms with Crippen LogP contribution in [0.15, 0.2) is 22.7 Å². The molecule has 0 aromatic heterocycles. The summed E-state index contributed by atoms with van der Waals surface area (Å²) in [6.45, 7) is 5.12. The molecule has 0 heterocycles. The number of nitriles is 1. The molecule has 0 saturated carbocycles. The van der Waals surface area contributed by atoms with Crippen LogP contribution in [0.1, 0.15) is 19.4 Å². The highest BCUT2D eigenvalue weighted by molar-refractivity contribution is 9.10. The summed E-state index contributed by atoms with van der Waals surface area (Å²) in [6.07, 6.45) is 0. The summed E-state index contributed by atoms with van der Waals surface area (Å²) in [5.41, 5.74) is 1.19. The van der Waals surface area contributed by atoms with Gasteiger partial charge in [0, 0.05) is 12.6 Å². The van der Waals surface area contributed by atoms with Crippen LogP contribution < -0.4 is 10.1 Å². The summed E-state index contributed by atoms with van der Waals surface area (Å²) in [5, 5.41) is 11.8. The largest absolute Gasteiger partial charge is 0.478 e. The normalized spacial score (nSPS) is 10.2. The van der Waals surface area contributed by atoms with Crippen molar-refractivity contribution in [1.82, 2.24) is 5.32 Å². The Balaban J connectivity index is 2.64. The van der Waals surface area contributed by atoms with Gasteiger partial charge in [0.2, 0.25) is 0 Å². The van der Waals surface area contributed by atoms with Gasteiger partial charge in [-0.25, -0.2) is 0 Å². The molecule has 0 radical (unpaired) electrons. The molecule has 1 aromatic rings. The molecule has 0 aliphatic heterocycles. The maximum Gasteiger partial charge on any atom is 0.174 e. The minimum absolute atomic E-state index is 0.0716. The van der Waals surface area contributed by atoms with Gasteiger partial charge in [0.1, 0.15) is 11.8 Å². The lowest BCUT2D eigenvalue weighted by molar-refractivity contribution is 0.365. The van der Waals surface area contributed by atoms with Crippen LogP contribution in [0.3, 0.4) is 0 Å². The van der Waals surface area contributed by atoms with E-state index in [4.69, 9.17) is 10.00 Å². The van der Waals surface area contributed by atoms with Crippen LogP contribution >= 0.6 is 15.9 Å². The number of nitrogens with zero attached hydrogens (tertiary/aromatic N) is 1. The summed E-state index contributed by atoms with van der Waals surface area (Å²) in [5.74, 6) is 0.704.